The number of phenolic OH excluding ortho intramolecular Hbond substituents is 1. The lowest BCUT2D eigenvalue weighted by Gasteiger charge is -2.30. The van der Waals surface area contributed by atoms with Gasteiger partial charge in [0.1, 0.15) is 6.33 Å². The number of carbonyl (C=O) groups excluding carboxylic acids is 1. The molecule has 0 unspecified atom stereocenters. The van der Waals surface area contributed by atoms with Gasteiger partial charge in [0.2, 0.25) is 0 Å². The van der Waals surface area contributed by atoms with Crippen LogP contribution in [0.25, 0.3) is 11.3 Å². The SMILES string of the molecule is CN(C(=O)n1cnc(-c2ccc(O)c([N+](=O)[O-])c2)c1)C1CCOCC1. The summed E-state index contributed by atoms with van der Waals surface area (Å²) in [6, 6.07) is 3.87. The number of carbonyl (C=O) groups is 1. The first-order valence-corrected chi connectivity index (χ1v) is 7.84. The zero-order valence-electron chi connectivity index (χ0n) is 13.7. The third-order valence-corrected chi connectivity index (χ3v) is 4.31. The van der Waals surface area contributed by atoms with Crippen LogP contribution in [0.5, 0.6) is 5.75 Å². The maximum Gasteiger partial charge on any atom is 0.329 e. The number of aromatic hydroxyl groups is 1. The van der Waals surface area contributed by atoms with Crippen molar-refractivity contribution in [1.82, 2.24) is 14.5 Å². The molecule has 0 spiro atoms. The van der Waals surface area contributed by atoms with Crippen molar-refractivity contribution in [2.45, 2.75) is 18.9 Å². The van der Waals surface area contributed by atoms with Gasteiger partial charge in [-0.1, -0.05) is 0 Å². The molecule has 0 bridgehead atoms. The van der Waals surface area contributed by atoms with Crippen LogP contribution in [0.2, 0.25) is 0 Å². The Kier molecular flexibility index (Phi) is 4.66. The van der Waals surface area contributed by atoms with Crippen LogP contribution < -0.4 is 0 Å². The highest BCUT2D eigenvalue weighted by Crippen LogP contribution is 2.30. The second-order valence-electron chi connectivity index (χ2n) is 5.86. The van der Waals surface area contributed by atoms with E-state index in [1.807, 2.05) is 0 Å². The van der Waals surface area contributed by atoms with E-state index >= 15 is 0 Å². The summed E-state index contributed by atoms with van der Waals surface area (Å²) in [6.07, 6.45) is 4.47. The van der Waals surface area contributed by atoms with E-state index in [1.165, 1.54) is 35.3 Å². The molecular weight excluding hydrogens is 328 g/mol. The van der Waals surface area contributed by atoms with Gasteiger partial charge in [0.25, 0.3) is 0 Å². The first kappa shape index (κ1) is 16.9. The van der Waals surface area contributed by atoms with Crippen LogP contribution in [0, 0.1) is 10.1 Å². The Morgan fingerprint density at radius 2 is 2.16 bits per heavy atom. The number of ether oxygens (including phenoxy) is 1. The molecule has 1 amide bonds. The molecule has 0 aliphatic carbocycles. The first-order valence-electron chi connectivity index (χ1n) is 7.84. The summed E-state index contributed by atoms with van der Waals surface area (Å²) >= 11 is 0. The van der Waals surface area contributed by atoms with Crippen LogP contribution in [0.3, 0.4) is 0 Å². The number of amides is 1. The van der Waals surface area contributed by atoms with Gasteiger partial charge in [-0.2, -0.15) is 0 Å². The normalized spacial score (nSPS) is 15.1. The van der Waals surface area contributed by atoms with Crippen molar-refractivity contribution in [3.05, 3.63) is 40.8 Å². The molecule has 1 N–H and O–H groups in total. The van der Waals surface area contributed by atoms with Crippen LogP contribution in [-0.2, 0) is 4.74 Å². The number of benzene rings is 1. The minimum atomic E-state index is -0.667. The Hall–Kier alpha value is -2.94. The predicted molar refractivity (Wildman–Crippen MR) is 88.4 cm³/mol. The van der Waals surface area contributed by atoms with Gasteiger partial charge in [-0.15, -0.1) is 0 Å². The Balaban J connectivity index is 1.81. The summed E-state index contributed by atoms with van der Waals surface area (Å²) in [5.74, 6) is -0.413. The zero-order valence-corrected chi connectivity index (χ0v) is 13.7. The van der Waals surface area contributed by atoms with E-state index < -0.39 is 16.4 Å². The van der Waals surface area contributed by atoms with Gasteiger partial charge in [-0.3, -0.25) is 14.7 Å². The molecular formula is C16H18N4O5. The molecule has 0 saturated carbocycles. The quantitative estimate of drug-likeness (QED) is 0.674. The number of hydrogen-bond donors (Lipinski definition) is 1. The van der Waals surface area contributed by atoms with Crippen LogP contribution in [0.4, 0.5) is 10.5 Å². The highest BCUT2D eigenvalue weighted by Gasteiger charge is 2.24. The third-order valence-electron chi connectivity index (χ3n) is 4.31. The fraction of sp³-hybridized carbons (Fsp3) is 0.375. The zero-order chi connectivity index (χ0) is 18.0. The Labute approximate surface area is 143 Å². The van der Waals surface area contributed by atoms with Gasteiger partial charge in [0, 0.05) is 44.1 Å². The number of aromatic nitrogens is 2. The van der Waals surface area contributed by atoms with Crippen molar-refractivity contribution in [2.24, 2.45) is 0 Å². The van der Waals surface area contributed by atoms with Gasteiger partial charge in [0.05, 0.1) is 10.6 Å². The summed E-state index contributed by atoms with van der Waals surface area (Å²) in [6.45, 7) is 1.27. The fourth-order valence-corrected chi connectivity index (χ4v) is 2.82. The molecule has 1 saturated heterocycles. The Morgan fingerprint density at radius 3 is 2.84 bits per heavy atom. The summed E-state index contributed by atoms with van der Waals surface area (Å²) < 4.78 is 6.66. The minimum Gasteiger partial charge on any atom is -0.502 e. The second-order valence-corrected chi connectivity index (χ2v) is 5.86. The summed E-state index contributed by atoms with van der Waals surface area (Å²) in [5, 5.41) is 20.5. The molecule has 1 aromatic carbocycles. The monoisotopic (exact) mass is 346 g/mol. The predicted octanol–water partition coefficient (Wildman–Crippen LogP) is 2.24. The minimum absolute atomic E-state index is 0.113. The van der Waals surface area contributed by atoms with Crippen LogP contribution >= 0.6 is 0 Å². The molecule has 25 heavy (non-hydrogen) atoms. The highest BCUT2D eigenvalue weighted by atomic mass is 16.6. The standard InChI is InChI=1S/C16H18N4O5/c1-18(12-4-6-25-7-5-12)16(22)19-9-13(17-10-19)11-2-3-15(21)14(8-11)20(23)24/h2-3,8-10,12,21H,4-7H2,1H3. The van der Waals surface area contributed by atoms with Crippen molar-refractivity contribution in [3.8, 4) is 17.0 Å². The first-order chi connectivity index (χ1) is 12.0. The Morgan fingerprint density at radius 1 is 1.44 bits per heavy atom. The van der Waals surface area contributed by atoms with E-state index in [9.17, 15) is 20.0 Å². The van der Waals surface area contributed by atoms with Gasteiger partial charge < -0.3 is 14.7 Å². The molecule has 3 rings (SSSR count). The second kappa shape index (κ2) is 6.89. The van der Waals surface area contributed by atoms with Gasteiger partial charge in [0.15, 0.2) is 5.75 Å². The molecule has 9 heteroatoms. The van der Waals surface area contributed by atoms with E-state index in [-0.39, 0.29) is 12.1 Å². The number of hydrogen-bond acceptors (Lipinski definition) is 6. The van der Waals surface area contributed by atoms with E-state index in [4.69, 9.17) is 4.74 Å². The molecule has 9 nitrogen and oxygen atoms in total. The van der Waals surface area contributed by atoms with Gasteiger partial charge in [-0.05, 0) is 25.0 Å². The Bertz CT molecular complexity index is 798. The van der Waals surface area contributed by atoms with Gasteiger partial charge >= 0.3 is 11.7 Å². The summed E-state index contributed by atoms with van der Waals surface area (Å²) in [5.41, 5.74) is 0.458. The van der Waals surface area contributed by atoms with Crippen LogP contribution in [-0.4, -0.2) is 56.8 Å². The molecule has 132 valence electrons. The summed E-state index contributed by atoms with van der Waals surface area (Å²) in [7, 11) is 1.74. The largest absolute Gasteiger partial charge is 0.502 e. The number of nitro groups is 1. The number of nitro benzene ring substituents is 1. The number of nitrogens with zero attached hydrogens (tertiary/aromatic N) is 4. The van der Waals surface area contributed by atoms with Gasteiger partial charge in [-0.25, -0.2) is 9.78 Å². The average Bonchev–Trinajstić information content (AvgIpc) is 3.11. The third kappa shape index (κ3) is 3.45. The molecule has 1 fully saturated rings. The fourth-order valence-electron chi connectivity index (χ4n) is 2.82. The number of rotatable bonds is 3. The molecule has 1 aliphatic rings. The molecule has 1 aromatic heterocycles. The molecule has 2 aromatic rings. The van der Waals surface area contributed by atoms with E-state index in [1.54, 1.807) is 11.9 Å². The van der Waals surface area contributed by atoms with Crippen LogP contribution in [0.15, 0.2) is 30.7 Å². The molecule has 2 heterocycles. The molecule has 1 aliphatic heterocycles. The van der Waals surface area contributed by atoms with E-state index in [0.29, 0.717) is 24.5 Å². The lowest BCUT2D eigenvalue weighted by atomic mass is 10.1. The van der Waals surface area contributed by atoms with Crippen molar-refractivity contribution < 1.29 is 19.6 Å². The average molecular weight is 346 g/mol. The van der Waals surface area contributed by atoms with Crippen molar-refractivity contribution in [2.75, 3.05) is 20.3 Å². The summed E-state index contributed by atoms with van der Waals surface area (Å²) in [4.78, 5) is 28.7. The van der Waals surface area contributed by atoms with E-state index in [0.717, 1.165) is 12.8 Å². The topological polar surface area (TPSA) is 111 Å². The highest BCUT2D eigenvalue weighted by molar-refractivity contribution is 5.78. The number of imidazole rings is 1. The maximum absolute atomic E-state index is 12.6. The van der Waals surface area contributed by atoms with Crippen LogP contribution in [0.1, 0.15) is 12.8 Å². The van der Waals surface area contributed by atoms with Crippen molar-refractivity contribution >= 4 is 11.7 Å². The number of phenols is 1. The maximum atomic E-state index is 12.6. The lowest BCUT2D eigenvalue weighted by Crippen LogP contribution is -2.42. The van der Waals surface area contributed by atoms with Crippen molar-refractivity contribution in [1.29, 1.82) is 0 Å². The molecule has 0 atom stereocenters. The molecule has 0 radical (unpaired) electrons. The smallest absolute Gasteiger partial charge is 0.329 e. The lowest BCUT2D eigenvalue weighted by molar-refractivity contribution is -0.385. The van der Waals surface area contributed by atoms with E-state index in [2.05, 4.69) is 4.98 Å². The van der Waals surface area contributed by atoms with Crippen molar-refractivity contribution in [3.63, 3.8) is 0 Å².